The van der Waals surface area contributed by atoms with E-state index in [4.69, 9.17) is 5.11 Å². The smallest absolute Gasteiger partial charge is 0.307 e. The number of anilines is 1. The van der Waals surface area contributed by atoms with Crippen LogP contribution >= 0.6 is 0 Å². The summed E-state index contributed by atoms with van der Waals surface area (Å²) in [6.45, 7) is 1.98. The van der Waals surface area contributed by atoms with Gasteiger partial charge in [-0.3, -0.25) is 9.59 Å². The Kier molecular flexibility index (Phi) is 4.29. The van der Waals surface area contributed by atoms with E-state index in [0.717, 1.165) is 11.3 Å². The molecule has 0 bridgehead atoms. The number of hydrogen-bond acceptors (Lipinski definition) is 3. The number of carboxylic acids is 1. The van der Waals surface area contributed by atoms with Gasteiger partial charge in [-0.25, -0.2) is 4.98 Å². The van der Waals surface area contributed by atoms with Crippen LogP contribution in [0.1, 0.15) is 17.0 Å². The monoisotopic (exact) mass is 323 g/mol. The van der Waals surface area contributed by atoms with Crippen molar-refractivity contribution in [3.8, 4) is 0 Å². The van der Waals surface area contributed by atoms with Crippen LogP contribution in [0.3, 0.4) is 0 Å². The van der Waals surface area contributed by atoms with Crippen molar-refractivity contribution in [2.45, 2.75) is 19.8 Å². The third-order valence-corrected chi connectivity index (χ3v) is 3.68. The van der Waals surface area contributed by atoms with Gasteiger partial charge in [0.05, 0.1) is 18.5 Å². The number of pyridine rings is 1. The number of fused-ring (bicyclic) bond motifs is 1. The summed E-state index contributed by atoms with van der Waals surface area (Å²) >= 11 is 0. The molecule has 0 unspecified atom stereocenters. The lowest BCUT2D eigenvalue weighted by atomic mass is 10.1. The summed E-state index contributed by atoms with van der Waals surface area (Å²) in [6.07, 6.45) is 2.01. The summed E-state index contributed by atoms with van der Waals surface area (Å²) in [4.78, 5) is 27.2. The van der Waals surface area contributed by atoms with E-state index in [-0.39, 0.29) is 18.7 Å². The Morgan fingerprint density at radius 2 is 1.88 bits per heavy atom. The number of hydrogen-bond donors (Lipinski definition) is 2. The molecule has 2 heterocycles. The zero-order valence-corrected chi connectivity index (χ0v) is 13.2. The van der Waals surface area contributed by atoms with Gasteiger partial charge >= 0.3 is 5.97 Å². The van der Waals surface area contributed by atoms with Crippen LogP contribution in [0, 0.1) is 6.92 Å². The molecule has 1 amide bonds. The highest BCUT2D eigenvalue weighted by molar-refractivity contribution is 5.92. The molecule has 0 saturated carbocycles. The van der Waals surface area contributed by atoms with Gasteiger partial charge < -0.3 is 14.8 Å². The first-order valence-corrected chi connectivity index (χ1v) is 7.55. The molecular formula is C18H17N3O3. The molecule has 0 aliphatic rings. The molecule has 0 atom stereocenters. The second-order valence-corrected chi connectivity index (χ2v) is 5.62. The first kappa shape index (κ1) is 15.7. The first-order chi connectivity index (χ1) is 11.5. The zero-order valence-electron chi connectivity index (χ0n) is 13.2. The minimum Gasteiger partial charge on any atom is -0.481 e. The second-order valence-electron chi connectivity index (χ2n) is 5.62. The van der Waals surface area contributed by atoms with Gasteiger partial charge in [0, 0.05) is 17.6 Å². The molecule has 24 heavy (non-hydrogen) atoms. The predicted octanol–water partition coefficient (Wildman–Crippen LogP) is 2.45. The molecule has 2 aromatic heterocycles. The fourth-order valence-electron chi connectivity index (χ4n) is 2.53. The zero-order chi connectivity index (χ0) is 17.1. The summed E-state index contributed by atoms with van der Waals surface area (Å²) in [5.41, 5.74) is 3.89. The maximum Gasteiger partial charge on any atom is 0.307 e. The van der Waals surface area contributed by atoms with Crippen molar-refractivity contribution in [3.63, 3.8) is 0 Å². The van der Waals surface area contributed by atoms with E-state index in [1.54, 1.807) is 24.3 Å². The molecule has 3 rings (SSSR count). The van der Waals surface area contributed by atoms with E-state index < -0.39 is 5.97 Å². The van der Waals surface area contributed by atoms with Crippen LogP contribution in [0.4, 0.5) is 5.69 Å². The fourth-order valence-corrected chi connectivity index (χ4v) is 2.53. The quantitative estimate of drug-likeness (QED) is 0.755. The van der Waals surface area contributed by atoms with E-state index in [0.29, 0.717) is 16.9 Å². The SMILES string of the molecule is Cc1cccc2nc(CC(=O)Nc3ccc(CC(=O)O)cc3)cn12. The number of carbonyl (C=O) groups is 2. The first-order valence-electron chi connectivity index (χ1n) is 7.55. The highest BCUT2D eigenvalue weighted by atomic mass is 16.4. The number of aromatic nitrogens is 2. The van der Waals surface area contributed by atoms with E-state index >= 15 is 0 Å². The second kappa shape index (κ2) is 6.54. The Morgan fingerprint density at radius 3 is 2.54 bits per heavy atom. The molecule has 6 heteroatoms. The van der Waals surface area contributed by atoms with Crippen LogP contribution in [0.2, 0.25) is 0 Å². The van der Waals surface area contributed by atoms with E-state index in [2.05, 4.69) is 10.3 Å². The van der Waals surface area contributed by atoms with E-state index in [9.17, 15) is 9.59 Å². The lowest BCUT2D eigenvalue weighted by Crippen LogP contribution is -2.14. The third kappa shape index (κ3) is 3.60. The Morgan fingerprint density at radius 1 is 1.12 bits per heavy atom. The fraction of sp³-hybridized carbons (Fsp3) is 0.167. The number of carboxylic acid groups (broad SMARTS) is 1. The van der Waals surface area contributed by atoms with Gasteiger partial charge in [0.15, 0.2) is 0 Å². The molecule has 2 N–H and O–H groups in total. The molecule has 0 fully saturated rings. The average molecular weight is 323 g/mol. The summed E-state index contributed by atoms with van der Waals surface area (Å²) in [7, 11) is 0. The van der Waals surface area contributed by atoms with Gasteiger partial charge in [0.25, 0.3) is 0 Å². The average Bonchev–Trinajstić information content (AvgIpc) is 2.92. The summed E-state index contributed by atoms with van der Waals surface area (Å²) in [5.74, 6) is -1.05. The van der Waals surface area contributed by atoms with Gasteiger partial charge in [-0.1, -0.05) is 18.2 Å². The summed E-state index contributed by atoms with van der Waals surface area (Å²) in [5, 5.41) is 11.5. The molecule has 6 nitrogen and oxygen atoms in total. The van der Waals surface area contributed by atoms with Crippen molar-refractivity contribution in [3.05, 3.63) is 65.6 Å². The predicted molar refractivity (Wildman–Crippen MR) is 90.0 cm³/mol. The van der Waals surface area contributed by atoms with Crippen molar-refractivity contribution in [1.82, 2.24) is 9.38 Å². The van der Waals surface area contributed by atoms with Crippen molar-refractivity contribution in [1.29, 1.82) is 0 Å². The molecule has 0 aliphatic carbocycles. The molecule has 3 aromatic rings. The van der Waals surface area contributed by atoms with Gasteiger partial charge in [-0.2, -0.15) is 0 Å². The number of nitrogens with one attached hydrogen (secondary N) is 1. The summed E-state index contributed by atoms with van der Waals surface area (Å²) in [6, 6.07) is 12.6. The summed E-state index contributed by atoms with van der Waals surface area (Å²) < 4.78 is 1.95. The number of nitrogens with zero attached hydrogens (tertiary/aromatic N) is 2. The number of amides is 1. The van der Waals surface area contributed by atoms with Gasteiger partial charge in [0.1, 0.15) is 5.65 Å². The van der Waals surface area contributed by atoms with E-state index in [1.165, 1.54) is 0 Å². The molecule has 0 spiro atoms. The molecule has 0 saturated heterocycles. The lowest BCUT2D eigenvalue weighted by molar-refractivity contribution is -0.136. The normalized spacial score (nSPS) is 10.7. The number of benzene rings is 1. The van der Waals surface area contributed by atoms with Crippen LogP contribution in [0.25, 0.3) is 5.65 Å². The molecule has 1 aromatic carbocycles. The third-order valence-electron chi connectivity index (χ3n) is 3.68. The minimum atomic E-state index is -0.881. The Bertz CT molecular complexity index is 898. The largest absolute Gasteiger partial charge is 0.481 e. The number of rotatable bonds is 5. The van der Waals surface area contributed by atoms with Crippen LogP contribution < -0.4 is 5.32 Å². The van der Waals surface area contributed by atoms with Gasteiger partial charge in [-0.15, -0.1) is 0 Å². The number of carbonyl (C=O) groups excluding carboxylic acids is 1. The lowest BCUT2D eigenvalue weighted by Gasteiger charge is -2.05. The van der Waals surface area contributed by atoms with Crippen molar-refractivity contribution >= 4 is 23.2 Å². The Balaban J connectivity index is 1.66. The van der Waals surface area contributed by atoms with Crippen molar-refractivity contribution in [2.75, 3.05) is 5.32 Å². The number of aryl methyl sites for hydroxylation is 1. The van der Waals surface area contributed by atoms with Crippen LogP contribution in [-0.4, -0.2) is 26.4 Å². The maximum atomic E-state index is 12.2. The number of aliphatic carboxylic acids is 1. The van der Waals surface area contributed by atoms with Crippen molar-refractivity contribution < 1.29 is 14.7 Å². The highest BCUT2D eigenvalue weighted by Gasteiger charge is 2.09. The molecular weight excluding hydrogens is 306 g/mol. The van der Waals surface area contributed by atoms with Gasteiger partial charge in [0.2, 0.25) is 5.91 Å². The van der Waals surface area contributed by atoms with Gasteiger partial charge in [-0.05, 0) is 36.8 Å². The molecule has 122 valence electrons. The van der Waals surface area contributed by atoms with Crippen LogP contribution in [0.5, 0.6) is 0 Å². The minimum absolute atomic E-state index is 0.0329. The Labute approximate surface area is 138 Å². The van der Waals surface area contributed by atoms with Crippen LogP contribution in [-0.2, 0) is 22.4 Å². The molecule has 0 radical (unpaired) electrons. The van der Waals surface area contributed by atoms with E-state index in [1.807, 2.05) is 35.7 Å². The molecule has 0 aliphatic heterocycles. The standard InChI is InChI=1S/C18H17N3O3/c1-12-3-2-4-16-19-15(11-21(12)16)10-17(22)20-14-7-5-13(6-8-14)9-18(23)24/h2-8,11H,9-10H2,1H3,(H,20,22)(H,23,24). The van der Waals surface area contributed by atoms with Crippen LogP contribution in [0.15, 0.2) is 48.7 Å². The highest BCUT2D eigenvalue weighted by Crippen LogP contribution is 2.12. The Hall–Kier alpha value is -3.15. The topological polar surface area (TPSA) is 83.7 Å². The number of imidazole rings is 1. The maximum absolute atomic E-state index is 12.2. The van der Waals surface area contributed by atoms with Crippen molar-refractivity contribution in [2.24, 2.45) is 0 Å².